The Morgan fingerprint density at radius 1 is 1.25 bits per heavy atom. The van der Waals surface area contributed by atoms with Crippen LogP contribution in [0.25, 0.3) is 0 Å². The van der Waals surface area contributed by atoms with Gasteiger partial charge in [-0.25, -0.2) is 14.2 Å². The summed E-state index contributed by atoms with van der Waals surface area (Å²) in [5.74, 6) is -0.799. The molecule has 0 unspecified atom stereocenters. The van der Waals surface area contributed by atoms with Gasteiger partial charge in [-0.1, -0.05) is 18.2 Å². The summed E-state index contributed by atoms with van der Waals surface area (Å²) < 4.78 is 19.7. The first-order chi connectivity index (χ1) is 13.5. The molecule has 0 radical (unpaired) electrons. The largest absolute Gasteiger partial charge is 0.444 e. The van der Waals surface area contributed by atoms with E-state index in [-0.39, 0.29) is 18.0 Å². The van der Waals surface area contributed by atoms with E-state index in [4.69, 9.17) is 15.9 Å². The Balaban J connectivity index is 1.64. The summed E-state index contributed by atoms with van der Waals surface area (Å²) in [6.07, 6.45) is 0.588. The number of aromatic nitrogens is 1. The number of rotatable bonds is 4. The van der Waals surface area contributed by atoms with Gasteiger partial charge in [0.1, 0.15) is 6.61 Å². The predicted molar refractivity (Wildman–Crippen MR) is 105 cm³/mol. The molecule has 1 aliphatic heterocycles. The molecular formula is C19H23FN6O2. The molecule has 0 bridgehead atoms. The number of guanidine groups is 1. The first kappa shape index (κ1) is 19.4. The number of carbonyl (C=O) groups excluding carboxylic acids is 1. The van der Waals surface area contributed by atoms with E-state index < -0.39 is 17.9 Å². The highest BCUT2D eigenvalue weighted by atomic mass is 19.1. The van der Waals surface area contributed by atoms with Gasteiger partial charge in [0.2, 0.25) is 0 Å². The number of hydrogen-bond donors (Lipinski definition) is 3. The predicted octanol–water partition coefficient (Wildman–Crippen LogP) is 1.98. The maximum absolute atomic E-state index is 14.9. The lowest BCUT2D eigenvalue weighted by Crippen LogP contribution is -2.47. The Morgan fingerprint density at radius 3 is 2.61 bits per heavy atom. The van der Waals surface area contributed by atoms with Crippen LogP contribution in [0.2, 0.25) is 0 Å². The van der Waals surface area contributed by atoms with Gasteiger partial charge in [0.25, 0.3) is 0 Å². The van der Waals surface area contributed by atoms with E-state index >= 15 is 0 Å². The third-order valence-corrected chi connectivity index (χ3v) is 4.58. The lowest BCUT2D eigenvalue weighted by molar-refractivity contribution is 0.143. The van der Waals surface area contributed by atoms with Crippen molar-refractivity contribution in [1.82, 2.24) is 10.3 Å². The van der Waals surface area contributed by atoms with Gasteiger partial charge >= 0.3 is 6.09 Å². The number of alkyl carbamates (subject to hydrolysis) is 1. The van der Waals surface area contributed by atoms with Gasteiger partial charge in [-0.15, -0.1) is 0 Å². The molecule has 2 heterocycles. The van der Waals surface area contributed by atoms with E-state index in [9.17, 15) is 9.18 Å². The quantitative estimate of drug-likeness (QED) is 0.548. The third kappa shape index (κ3) is 4.48. The molecule has 1 saturated heterocycles. The number of halogens is 1. The Morgan fingerprint density at radius 2 is 1.93 bits per heavy atom. The van der Waals surface area contributed by atoms with Crippen molar-refractivity contribution >= 4 is 23.6 Å². The summed E-state index contributed by atoms with van der Waals surface area (Å²) in [6, 6.07) is 9.66. The van der Waals surface area contributed by atoms with Crippen LogP contribution >= 0.6 is 0 Å². The SMILES string of the molecule is Cc1ccccc1N1CCN(c2nccc(COC(=O)NC(=N)N)c2F)CC1. The number of nitrogens with zero attached hydrogens (tertiary/aromatic N) is 3. The molecule has 9 heteroatoms. The zero-order valence-corrected chi connectivity index (χ0v) is 15.6. The van der Waals surface area contributed by atoms with Gasteiger partial charge in [0.15, 0.2) is 17.6 Å². The second-order valence-corrected chi connectivity index (χ2v) is 6.48. The number of nitrogens with two attached hydrogens (primary N) is 1. The van der Waals surface area contributed by atoms with Gasteiger partial charge in [0, 0.05) is 43.6 Å². The first-order valence-electron chi connectivity index (χ1n) is 8.92. The highest BCUT2D eigenvalue weighted by molar-refractivity contribution is 5.90. The van der Waals surface area contributed by atoms with Gasteiger partial charge in [0.05, 0.1) is 0 Å². The van der Waals surface area contributed by atoms with Crippen LogP contribution in [0.4, 0.5) is 20.7 Å². The van der Waals surface area contributed by atoms with E-state index in [1.807, 2.05) is 22.3 Å². The number of pyridine rings is 1. The maximum Gasteiger partial charge on any atom is 0.414 e. The number of carbonyl (C=O) groups is 1. The molecular weight excluding hydrogens is 363 g/mol. The lowest BCUT2D eigenvalue weighted by Gasteiger charge is -2.37. The fourth-order valence-electron chi connectivity index (χ4n) is 3.17. The molecule has 28 heavy (non-hydrogen) atoms. The average Bonchev–Trinajstić information content (AvgIpc) is 2.67. The van der Waals surface area contributed by atoms with E-state index in [0.29, 0.717) is 13.1 Å². The van der Waals surface area contributed by atoms with Crippen LogP contribution in [0.15, 0.2) is 36.5 Å². The molecule has 1 aromatic carbocycles. The van der Waals surface area contributed by atoms with Crippen LogP contribution in [0, 0.1) is 18.2 Å². The second-order valence-electron chi connectivity index (χ2n) is 6.48. The lowest BCUT2D eigenvalue weighted by atomic mass is 10.1. The van der Waals surface area contributed by atoms with Gasteiger partial charge in [-0.05, 0) is 24.6 Å². The zero-order chi connectivity index (χ0) is 20.1. The van der Waals surface area contributed by atoms with E-state index in [1.165, 1.54) is 23.5 Å². The molecule has 0 aliphatic carbocycles. The van der Waals surface area contributed by atoms with Crippen LogP contribution in [-0.4, -0.2) is 43.2 Å². The highest BCUT2D eigenvalue weighted by Crippen LogP contribution is 2.25. The number of para-hydroxylation sites is 1. The Bertz CT molecular complexity index is 867. The summed E-state index contributed by atoms with van der Waals surface area (Å²) in [4.78, 5) is 19.8. The van der Waals surface area contributed by atoms with E-state index in [1.54, 1.807) is 0 Å². The van der Waals surface area contributed by atoms with Crippen LogP contribution in [0.1, 0.15) is 11.1 Å². The molecule has 8 nitrogen and oxygen atoms in total. The number of ether oxygens (including phenoxy) is 1. The fourth-order valence-corrected chi connectivity index (χ4v) is 3.17. The van der Waals surface area contributed by atoms with Crippen molar-refractivity contribution < 1.29 is 13.9 Å². The molecule has 0 spiro atoms. The molecule has 1 aliphatic rings. The second kappa shape index (κ2) is 8.55. The van der Waals surface area contributed by atoms with Crippen LogP contribution in [0.5, 0.6) is 0 Å². The molecule has 2 aromatic rings. The number of nitrogens with one attached hydrogen (secondary N) is 2. The van der Waals surface area contributed by atoms with Crippen molar-refractivity contribution in [2.75, 3.05) is 36.0 Å². The highest BCUT2D eigenvalue weighted by Gasteiger charge is 2.23. The molecule has 0 atom stereocenters. The third-order valence-electron chi connectivity index (χ3n) is 4.58. The molecule has 4 N–H and O–H groups in total. The summed E-state index contributed by atoms with van der Waals surface area (Å²) in [5, 5.41) is 8.96. The number of anilines is 2. The van der Waals surface area contributed by atoms with Gasteiger partial charge in [-0.3, -0.25) is 10.7 Å². The number of aryl methyl sites for hydroxylation is 1. The number of piperazine rings is 1. The number of hydrogen-bond acceptors (Lipinski definition) is 6. The van der Waals surface area contributed by atoms with Gasteiger partial charge < -0.3 is 20.3 Å². The Kier molecular flexibility index (Phi) is 5.93. The smallest absolute Gasteiger partial charge is 0.414 e. The Hall–Kier alpha value is -3.36. The van der Waals surface area contributed by atoms with Crippen LogP contribution < -0.4 is 20.9 Å². The Labute approximate surface area is 162 Å². The van der Waals surface area contributed by atoms with Crippen molar-refractivity contribution in [3.05, 3.63) is 53.5 Å². The topological polar surface area (TPSA) is 108 Å². The molecule has 1 fully saturated rings. The number of benzene rings is 1. The van der Waals surface area contributed by atoms with E-state index in [2.05, 4.69) is 28.9 Å². The molecule has 1 amide bonds. The summed E-state index contributed by atoms with van der Waals surface area (Å²) >= 11 is 0. The van der Waals surface area contributed by atoms with Crippen LogP contribution in [0.3, 0.4) is 0 Å². The standard InChI is InChI=1S/C19H23FN6O2/c1-13-4-2-3-5-15(13)25-8-10-26(11-9-25)17-16(20)14(6-7-23-17)12-28-19(27)24-18(21)22/h2-7H,8-12H2,1H3,(H4,21,22,24,27). The van der Waals surface area contributed by atoms with Crippen molar-refractivity contribution in [1.29, 1.82) is 5.41 Å². The van der Waals surface area contributed by atoms with Crippen molar-refractivity contribution in [3.8, 4) is 0 Å². The molecule has 1 aromatic heterocycles. The monoisotopic (exact) mass is 386 g/mol. The minimum atomic E-state index is -0.905. The minimum Gasteiger partial charge on any atom is -0.444 e. The molecule has 148 valence electrons. The summed E-state index contributed by atoms with van der Waals surface area (Å²) in [5.41, 5.74) is 7.67. The molecule has 3 rings (SSSR count). The summed E-state index contributed by atoms with van der Waals surface area (Å²) in [6.45, 7) is 4.58. The normalized spacial score (nSPS) is 13.9. The van der Waals surface area contributed by atoms with Gasteiger partial charge in [-0.2, -0.15) is 0 Å². The minimum absolute atomic E-state index is 0.213. The average molecular weight is 386 g/mol. The zero-order valence-electron chi connectivity index (χ0n) is 15.6. The summed E-state index contributed by atoms with van der Waals surface area (Å²) in [7, 11) is 0. The molecule has 0 saturated carbocycles. The fraction of sp³-hybridized carbons (Fsp3) is 0.316. The van der Waals surface area contributed by atoms with Crippen molar-refractivity contribution in [2.45, 2.75) is 13.5 Å². The first-order valence-corrected chi connectivity index (χ1v) is 8.92. The van der Waals surface area contributed by atoms with Crippen LogP contribution in [-0.2, 0) is 11.3 Å². The van der Waals surface area contributed by atoms with Crippen molar-refractivity contribution in [2.24, 2.45) is 5.73 Å². The van der Waals surface area contributed by atoms with E-state index in [0.717, 1.165) is 13.1 Å². The van der Waals surface area contributed by atoms with Crippen molar-refractivity contribution in [3.63, 3.8) is 0 Å². The maximum atomic E-state index is 14.9. The number of amides is 1.